The van der Waals surface area contributed by atoms with Gasteiger partial charge in [-0.3, -0.25) is 0 Å². The number of unbranched alkanes of at least 4 members (excludes halogenated alkanes) is 8. The lowest BCUT2D eigenvalue weighted by Gasteiger charge is -2.21. The van der Waals surface area contributed by atoms with Crippen molar-refractivity contribution in [1.82, 2.24) is 4.90 Å². The summed E-state index contributed by atoms with van der Waals surface area (Å²) in [4.78, 5) is 2.26. The van der Waals surface area contributed by atoms with Crippen molar-refractivity contribution in [1.29, 1.82) is 0 Å². The van der Waals surface area contributed by atoms with Gasteiger partial charge < -0.3 is 14.4 Å². The van der Waals surface area contributed by atoms with Gasteiger partial charge in [0.1, 0.15) is 0 Å². The first-order valence-electron chi connectivity index (χ1n) is 23.7. The third-order valence-corrected chi connectivity index (χ3v) is 15.6. The van der Waals surface area contributed by atoms with Crippen molar-refractivity contribution < 1.29 is 9.47 Å². The van der Waals surface area contributed by atoms with E-state index in [0.29, 0.717) is 0 Å². The number of hydrogen-bond donors (Lipinski definition) is 0. The first-order valence-corrected chi connectivity index (χ1v) is 23.7. The number of rotatable bonds is 33. The molecule has 296 valence electrons. The summed E-state index contributed by atoms with van der Waals surface area (Å²) in [5.74, 6) is 12.1. The maximum absolute atomic E-state index is 6.36. The second-order valence-corrected chi connectivity index (χ2v) is 20.8. The van der Waals surface area contributed by atoms with Crippen molar-refractivity contribution in [3.05, 3.63) is 0 Å². The first-order chi connectivity index (χ1) is 24.8. The summed E-state index contributed by atoms with van der Waals surface area (Å²) in [5, 5.41) is 0. The zero-order valence-electron chi connectivity index (χ0n) is 34.9. The van der Waals surface area contributed by atoms with E-state index in [0.717, 1.165) is 96.9 Å². The molecule has 0 spiro atoms. The summed E-state index contributed by atoms with van der Waals surface area (Å²) < 4.78 is 12.5. The third-order valence-electron chi connectivity index (χ3n) is 15.6. The largest absolute Gasteiger partial charge is 0.379 e. The molecule has 0 aromatic carbocycles. The Kier molecular flexibility index (Phi) is 16.0. The van der Waals surface area contributed by atoms with Crippen LogP contribution < -0.4 is 0 Å². The summed E-state index contributed by atoms with van der Waals surface area (Å²) >= 11 is 0. The Labute approximate surface area is 318 Å². The van der Waals surface area contributed by atoms with E-state index in [9.17, 15) is 0 Å². The topological polar surface area (TPSA) is 21.7 Å². The highest BCUT2D eigenvalue weighted by Crippen LogP contribution is 2.64. The van der Waals surface area contributed by atoms with Gasteiger partial charge in [0.25, 0.3) is 0 Å². The van der Waals surface area contributed by atoms with E-state index in [1.807, 2.05) is 0 Å². The molecule has 0 aromatic rings. The van der Waals surface area contributed by atoms with Crippen LogP contribution in [-0.2, 0) is 9.47 Å². The molecule has 3 nitrogen and oxygen atoms in total. The highest BCUT2D eigenvalue weighted by atomic mass is 16.5. The molecule has 0 amide bonds. The molecule has 6 fully saturated rings. The molecule has 0 saturated heterocycles. The monoisotopic (exact) mass is 710 g/mol. The van der Waals surface area contributed by atoms with Gasteiger partial charge in [0.15, 0.2) is 0 Å². The summed E-state index contributed by atoms with van der Waals surface area (Å²) in [5.41, 5.74) is 0.738. The van der Waals surface area contributed by atoms with Crippen LogP contribution in [0.1, 0.15) is 188 Å². The van der Waals surface area contributed by atoms with Crippen LogP contribution in [0.4, 0.5) is 0 Å². The van der Waals surface area contributed by atoms with Crippen LogP contribution in [-0.4, -0.2) is 51.5 Å². The fraction of sp³-hybridized carbons (Fsp3) is 1.00. The van der Waals surface area contributed by atoms with E-state index in [-0.39, 0.29) is 6.10 Å². The normalized spacial score (nSPS) is 37.9. The average Bonchev–Trinajstić information content (AvgIpc) is 3.83. The van der Waals surface area contributed by atoms with Gasteiger partial charge >= 0.3 is 0 Å². The van der Waals surface area contributed by atoms with Crippen LogP contribution in [0.15, 0.2) is 0 Å². The fourth-order valence-corrected chi connectivity index (χ4v) is 11.4. The van der Waals surface area contributed by atoms with Crippen molar-refractivity contribution >= 4 is 0 Å². The lowest BCUT2D eigenvalue weighted by molar-refractivity contribution is -0.0287. The van der Waals surface area contributed by atoms with Crippen LogP contribution in [0, 0.1) is 70.5 Å². The number of nitrogens with zero attached hydrogens (tertiary/aromatic N) is 1. The van der Waals surface area contributed by atoms with Crippen molar-refractivity contribution in [2.24, 2.45) is 70.5 Å². The summed E-state index contributed by atoms with van der Waals surface area (Å²) in [6.45, 7) is 10.8. The van der Waals surface area contributed by atoms with Gasteiger partial charge in [0, 0.05) is 19.8 Å². The molecular formula is C48H87NO2. The molecular weight excluding hydrogens is 623 g/mol. The number of hydrogen-bond acceptors (Lipinski definition) is 3. The second kappa shape index (κ2) is 20.2. The Hall–Kier alpha value is -0.120. The van der Waals surface area contributed by atoms with E-state index in [2.05, 4.69) is 39.8 Å². The van der Waals surface area contributed by atoms with E-state index in [1.165, 1.54) is 103 Å². The zero-order valence-corrected chi connectivity index (χ0v) is 34.9. The Balaban J connectivity index is 0.697. The molecule has 0 aromatic heterocycles. The van der Waals surface area contributed by atoms with Crippen molar-refractivity contribution in [3.8, 4) is 0 Å². The molecule has 0 heterocycles. The molecule has 0 N–H and O–H groups in total. The van der Waals surface area contributed by atoms with Gasteiger partial charge in [-0.1, -0.05) is 104 Å². The lowest BCUT2D eigenvalue weighted by Crippen LogP contribution is -2.32. The van der Waals surface area contributed by atoms with E-state index < -0.39 is 0 Å². The minimum atomic E-state index is 0.217. The molecule has 6 aliphatic carbocycles. The molecule has 0 radical (unpaired) electrons. The van der Waals surface area contributed by atoms with E-state index in [4.69, 9.17) is 9.47 Å². The van der Waals surface area contributed by atoms with Gasteiger partial charge in [0.2, 0.25) is 0 Å². The Bertz CT molecular complexity index is 982. The van der Waals surface area contributed by atoms with Crippen LogP contribution in [0.2, 0.25) is 0 Å². The predicted octanol–water partition coefficient (Wildman–Crippen LogP) is 13.0. The van der Waals surface area contributed by atoms with E-state index in [1.54, 1.807) is 64.2 Å². The van der Waals surface area contributed by atoms with Gasteiger partial charge in [-0.05, 0) is 168 Å². The molecule has 51 heavy (non-hydrogen) atoms. The number of likely N-dealkylation sites (N-methyl/N-ethyl adjacent to an activating group) is 1. The average molecular weight is 710 g/mol. The van der Waals surface area contributed by atoms with Gasteiger partial charge in [-0.25, -0.2) is 0 Å². The van der Waals surface area contributed by atoms with Crippen LogP contribution >= 0.6 is 0 Å². The second-order valence-electron chi connectivity index (χ2n) is 20.8. The Morgan fingerprint density at radius 1 is 0.549 bits per heavy atom. The Morgan fingerprint density at radius 3 is 1.59 bits per heavy atom. The standard InChI is InChI=1S/C48H87NO2/c1-6-8-12-18-36-24-39(36)27-42-30-43(42)28-40-25-37(40)19-14-10-16-22-50-35-47(34-49(4)5)51-23-17-11-15-20-38-26-41(38)29-44-31-45(44)32-48(3)33-46(48)21-13-9-7-2/h36-47H,6-35H2,1-5H3. The maximum Gasteiger partial charge on any atom is 0.0934 e. The van der Waals surface area contributed by atoms with E-state index >= 15 is 0 Å². The van der Waals surface area contributed by atoms with Crippen LogP contribution in [0.5, 0.6) is 0 Å². The smallest absolute Gasteiger partial charge is 0.0934 e. The predicted molar refractivity (Wildman–Crippen MR) is 217 cm³/mol. The third kappa shape index (κ3) is 14.5. The zero-order chi connectivity index (χ0) is 35.6. The van der Waals surface area contributed by atoms with Gasteiger partial charge in [-0.15, -0.1) is 0 Å². The molecule has 6 aliphatic rings. The molecule has 0 bridgehead atoms. The fourth-order valence-electron chi connectivity index (χ4n) is 11.4. The molecule has 3 heteroatoms. The summed E-state index contributed by atoms with van der Waals surface area (Å²) in [6.07, 6.45) is 38.5. The summed E-state index contributed by atoms with van der Waals surface area (Å²) in [6, 6.07) is 0. The van der Waals surface area contributed by atoms with Crippen LogP contribution in [0.3, 0.4) is 0 Å². The highest BCUT2D eigenvalue weighted by Gasteiger charge is 2.54. The van der Waals surface area contributed by atoms with Crippen molar-refractivity contribution in [3.63, 3.8) is 0 Å². The molecule has 6 saturated carbocycles. The first kappa shape index (κ1) is 40.5. The molecule has 13 unspecified atom stereocenters. The summed E-state index contributed by atoms with van der Waals surface area (Å²) in [7, 11) is 4.33. The lowest BCUT2D eigenvalue weighted by atomic mass is 9.94. The minimum absolute atomic E-state index is 0.217. The minimum Gasteiger partial charge on any atom is -0.379 e. The maximum atomic E-state index is 6.36. The van der Waals surface area contributed by atoms with Crippen molar-refractivity contribution in [2.75, 3.05) is 40.5 Å². The quantitative estimate of drug-likeness (QED) is 0.0633. The SMILES string of the molecule is CCCCCC1CC1CC1CC1CC1CC1CCCCCOCC(CN(C)C)OCCCCCC1CC1CC1CC1CC1(C)CC1CCCCC. The molecule has 6 rings (SSSR count). The molecule has 13 atom stereocenters. The van der Waals surface area contributed by atoms with Gasteiger partial charge in [-0.2, -0.15) is 0 Å². The molecule has 0 aliphatic heterocycles. The van der Waals surface area contributed by atoms with Crippen LogP contribution in [0.25, 0.3) is 0 Å². The highest BCUT2D eigenvalue weighted by molar-refractivity contribution is 5.04. The van der Waals surface area contributed by atoms with Crippen molar-refractivity contribution in [2.45, 2.75) is 194 Å². The van der Waals surface area contributed by atoms with Gasteiger partial charge in [0.05, 0.1) is 12.7 Å². The Morgan fingerprint density at radius 2 is 1.02 bits per heavy atom. The number of ether oxygens (including phenoxy) is 2.